The van der Waals surface area contributed by atoms with Crippen molar-refractivity contribution in [1.82, 2.24) is 19.8 Å². The minimum Gasteiger partial charge on any atom is -0.345 e. The second-order valence-electron chi connectivity index (χ2n) is 7.29. The zero-order valence-electron chi connectivity index (χ0n) is 15.8. The highest BCUT2D eigenvalue weighted by molar-refractivity contribution is 5.94. The van der Waals surface area contributed by atoms with E-state index in [9.17, 15) is 4.79 Å². The number of amides is 1. The minimum atomic E-state index is -0.0634. The van der Waals surface area contributed by atoms with Crippen LogP contribution in [0.4, 0.5) is 0 Å². The highest BCUT2D eigenvalue weighted by atomic mass is 16.1. The van der Waals surface area contributed by atoms with Gasteiger partial charge in [-0.2, -0.15) is 0 Å². The quantitative estimate of drug-likeness (QED) is 0.756. The van der Waals surface area contributed by atoms with E-state index in [0.29, 0.717) is 12.1 Å². The molecule has 4 rings (SSSR count). The van der Waals surface area contributed by atoms with Crippen LogP contribution >= 0.6 is 0 Å². The maximum atomic E-state index is 12.5. The van der Waals surface area contributed by atoms with Gasteiger partial charge in [-0.3, -0.25) is 9.69 Å². The smallest absolute Gasteiger partial charge is 0.251 e. The van der Waals surface area contributed by atoms with Gasteiger partial charge < -0.3 is 9.88 Å². The summed E-state index contributed by atoms with van der Waals surface area (Å²) in [6, 6.07) is 16.0. The Hall–Kier alpha value is -2.66. The number of imidazole rings is 1. The summed E-state index contributed by atoms with van der Waals surface area (Å²) in [6.45, 7) is 3.75. The van der Waals surface area contributed by atoms with E-state index < -0.39 is 0 Å². The normalized spacial score (nSPS) is 15.1. The molecule has 5 nitrogen and oxygen atoms in total. The van der Waals surface area contributed by atoms with Crippen LogP contribution in [0.25, 0.3) is 11.0 Å². The van der Waals surface area contributed by atoms with Crippen LogP contribution in [0.5, 0.6) is 0 Å². The van der Waals surface area contributed by atoms with Gasteiger partial charge in [0, 0.05) is 19.2 Å². The number of fused-ring (bicyclic) bond motifs is 1. The van der Waals surface area contributed by atoms with E-state index in [1.54, 1.807) is 0 Å². The third-order valence-electron chi connectivity index (χ3n) is 5.36. The highest BCUT2D eigenvalue weighted by Crippen LogP contribution is 2.15. The number of hydrogen-bond acceptors (Lipinski definition) is 3. The SMILES string of the molecule is Cn1c(CNC(=O)c2ccc(CN3CCCCC3)cc2)nc2ccccc21. The molecule has 1 N–H and O–H groups in total. The summed E-state index contributed by atoms with van der Waals surface area (Å²) in [5.74, 6) is 0.790. The number of para-hydroxylation sites is 2. The Bertz CT molecular complexity index is 923. The van der Waals surface area contributed by atoms with Gasteiger partial charge in [-0.15, -0.1) is 0 Å². The van der Waals surface area contributed by atoms with Crippen LogP contribution in [-0.4, -0.2) is 33.4 Å². The predicted molar refractivity (Wildman–Crippen MR) is 107 cm³/mol. The second-order valence-corrected chi connectivity index (χ2v) is 7.29. The fraction of sp³-hybridized carbons (Fsp3) is 0.364. The standard InChI is InChI=1S/C22H26N4O/c1-25-20-8-4-3-7-19(20)24-21(25)15-23-22(27)18-11-9-17(10-12-18)16-26-13-5-2-6-14-26/h3-4,7-12H,2,5-6,13-16H2,1H3,(H,23,27). The fourth-order valence-electron chi connectivity index (χ4n) is 3.75. The van der Waals surface area contributed by atoms with Crippen LogP contribution in [0.1, 0.15) is 41.0 Å². The summed E-state index contributed by atoms with van der Waals surface area (Å²) in [5, 5.41) is 2.99. The number of aromatic nitrogens is 2. The molecule has 1 saturated heterocycles. The molecule has 0 unspecified atom stereocenters. The Labute approximate surface area is 160 Å². The van der Waals surface area contributed by atoms with Crippen molar-refractivity contribution in [1.29, 1.82) is 0 Å². The summed E-state index contributed by atoms with van der Waals surface area (Å²) in [5.41, 5.74) is 3.98. The molecule has 0 aliphatic carbocycles. The average molecular weight is 362 g/mol. The van der Waals surface area contributed by atoms with Crippen molar-refractivity contribution >= 4 is 16.9 Å². The molecule has 1 amide bonds. The third-order valence-corrected chi connectivity index (χ3v) is 5.36. The average Bonchev–Trinajstić information content (AvgIpc) is 3.03. The number of likely N-dealkylation sites (tertiary alicyclic amines) is 1. The minimum absolute atomic E-state index is 0.0634. The fourth-order valence-corrected chi connectivity index (χ4v) is 3.75. The molecule has 1 aliphatic heterocycles. The molecule has 0 saturated carbocycles. The zero-order chi connectivity index (χ0) is 18.6. The van der Waals surface area contributed by atoms with Crippen molar-refractivity contribution in [3.8, 4) is 0 Å². The Morgan fingerprint density at radius 3 is 2.52 bits per heavy atom. The lowest BCUT2D eigenvalue weighted by Gasteiger charge is -2.26. The number of rotatable bonds is 5. The van der Waals surface area contributed by atoms with Gasteiger partial charge in [0.1, 0.15) is 5.82 Å². The molecule has 27 heavy (non-hydrogen) atoms. The highest BCUT2D eigenvalue weighted by Gasteiger charge is 2.12. The van der Waals surface area contributed by atoms with Gasteiger partial charge in [0.15, 0.2) is 0 Å². The van der Waals surface area contributed by atoms with Crippen molar-refractivity contribution in [3.63, 3.8) is 0 Å². The summed E-state index contributed by atoms with van der Waals surface area (Å²) in [7, 11) is 1.98. The molecule has 0 bridgehead atoms. The van der Waals surface area contributed by atoms with E-state index in [-0.39, 0.29) is 5.91 Å². The van der Waals surface area contributed by atoms with Gasteiger partial charge in [0.25, 0.3) is 5.91 Å². The summed E-state index contributed by atoms with van der Waals surface area (Å²) >= 11 is 0. The summed E-state index contributed by atoms with van der Waals surface area (Å²) in [4.78, 5) is 19.6. The van der Waals surface area contributed by atoms with Crippen molar-refractivity contribution < 1.29 is 4.79 Å². The topological polar surface area (TPSA) is 50.2 Å². The molecule has 1 aromatic heterocycles. The lowest BCUT2D eigenvalue weighted by Crippen LogP contribution is -2.29. The maximum Gasteiger partial charge on any atom is 0.251 e. The molecule has 1 aliphatic rings. The molecule has 2 heterocycles. The summed E-state index contributed by atoms with van der Waals surface area (Å²) < 4.78 is 2.03. The van der Waals surface area contributed by atoms with E-state index >= 15 is 0 Å². The molecule has 140 valence electrons. The van der Waals surface area contributed by atoms with Gasteiger partial charge in [0.2, 0.25) is 0 Å². The van der Waals surface area contributed by atoms with Gasteiger partial charge in [-0.1, -0.05) is 30.7 Å². The zero-order valence-corrected chi connectivity index (χ0v) is 15.8. The Morgan fingerprint density at radius 2 is 1.78 bits per heavy atom. The van der Waals surface area contributed by atoms with Crippen LogP contribution < -0.4 is 5.32 Å². The number of hydrogen-bond donors (Lipinski definition) is 1. The molecule has 2 aromatic carbocycles. The van der Waals surface area contributed by atoms with Crippen molar-refractivity contribution in [3.05, 3.63) is 65.5 Å². The first-order chi connectivity index (χ1) is 13.2. The first kappa shape index (κ1) is 17.7. The van der Waals surface area contributed by atoms with Crippen molar-refractivity contribution in [2.45, 2.75) is 32.4 Å². The van der Waals surface area contributed by atoms with E-state index in [1.807, 2.05) is 48.0 Å². The second kappa shape index (κ2) is 7.92. The largest absolute Gasteiger partial charge is 0.345 e. The molecule has 0 radical (unpaired) electrons. The van der Waals surface area contributed by atoms with Crippen LogP contribution in [0.3, 0.4) is 0 Å². The molecular weight excluding hydrogens is 336 g/mol. The molecular formula is C22H26N4O. The number of nitrogens with one attached hydrogen (secondary N) is 1. The number of nitrogens with zero attached hydrogens (tertiary/aromatic N) is 3. The molecule has 0 spiro atoms. The molecule has 5 heteroatoms. The lowest BCUT2D eigenvalue weighted by molar-refractivity contribution is 0.0949. The van der Waals surface area contributed by atoms with Crippen molar-refractivity contribution in [2.75, 3.05) is 13.1 Å². The first-order valence-corrected chi connectivity index (χ1v) is 9.70. The van der Waals surface area contributed by atoms with Crippen LogP contribution in [-0.2, 0) is 20.1 Å². The van der Waals surface area contributed by atoms with Crippen LogP contribution in [0.2, 0.25) is 0 Å². The lowest BCUT2D eigenvalue weighted by atomic mass is 10.1. The number of benzene rings is 2. The third kappa shape index (κ3) is 4.03. The van der Waals surface area contributed by atoms with Crippen molar-refractivity contribution in [2.24, 2.45) is 7.05 Å². The maximum absolute atomic E-state index is 12.5. The van der Waals surface area contributed by atoms with E-state index in [4.69, 9.17) is 0 Å². The first-order valence-electron chi connectivity index (χ1n) is 9.70. The van der Waals surface area contributed by atoms with Gasteiger partial charge >= 0.3 is 0 Å². The number of aryl methyl sites for hydroxylation is 1. The molecule has 3 aromatic rings. The Morgan fingerprint density at radius 1 is 1.04 bits per heavy atom. The monoisotopic (exact) mass is 362 g/mol. The Balaban J connectivity index is 1.37. The van der Waals surface area contributed by atoms with E-state index in [0.717, 1.165) is 23.4 Å². The summed E-state index contributed by atoms with van der Waals surface area (Å²) in [6.07, 6.45) is 3.94. The molecule has 1 fully saturated rings. The number of carbonyl (C=O) groups excluding carboxylic acids is 1. The molecule has 0 atom stereocenters. The number of carbonyl (C=O) groups is 1. The van der Waals surface area contributed by atoms with Gasteiger partial charge in [-0.05, 0) is 55.8 Å². The predicted octanol–water partition coefficient (Wildman–Crippen LogP) is 3.49. The van der Waals surface area contributed by atoms with E-state index in [2.05, 4.69) is 27.3 Å². The van der Waals surface area contributed by atoms with E-state index in [1.165, 1.54) is 37.9 Å². The van der Waals surface area contributed by atoms with Gasteiger partial charge in [-0.25, -0.2) is 4.98 Å². The van der Waals surface area contributed by atoms with Gasteiger partial charge in [0.05, 0.1) is 17.6 Å². The van der Waals surface area contributed by atoms with Crippen LogP contribution in [0.15, 0.2) is 48.5 Å². The van der Waals surface area contributed by atoms with Crippen LogP contribution in [0, 0.1) is 0 Å². The Kier molecular flexibility index (Phi) is 5.21. The number of piperidine rings is 1.